The maximum absolute atomic E-state index is 13.7. The monoisotopic (exact) mass is 228 g/mol. The van der Waals surface area contributed by atoms with Gasteiger partial charge in [-0.2, -0.15) is 0 Å². The van der Waals surface area contributed by atoms with E-state index in [0.717, 1.165) is 6.42 Å². The van der Waals surface area contributed by atoms with Crippen molar-refractivity contribution in [2.75, 3.05) is 0 Å². The van der Waals surface area contributed by atoms with Crippen LogP contribution in [0.4, 0.5) is 4.39 Å². The molecule has 0 spiro atoms. The van der Waals surface area contributed by atoms with Crippen LogP contribution in [0.2, 0.25) is 0 Å². The molecule has 16 heavy (non-hydrogen) atoms. The first-order chi connectivity index (χ1) is 7.17. The summed E-state index contributed by atoms with van der Waals surface area (Å²) in [6.07, 6.45) is 2.04. The van der Waals surface area contributed by atoms with Gasteiger partial charge < -0.3 is 5.11 Å². The molecule has 1 aliphatic rings. The fraction of sp³-hybridized carbons (Fsp3) is 0.769. The number of carbonyl (C=O) groups is 1. The van der Waals surface area contributed by atoms with Gasteiger partial charge in [0.1, 0.15) is 0 Å². The zero-order valence-corrected chi connectivity index (χ0v) is 10.3. The number of halogens is 1. The fourth-order valence-corrected chi connectivity index (χ4v) is 3.47. The van der Waals surface area contributed by atoms with E-state index in [1.165, 1.54) is 0 Å². The minimum atomic E-state index is -0.941. The van der Waals surface area contributed by atoms with Gasteiger partial charge in [0, 0.05) is 5.41 Å². The fourth-order valence-electron chi connectivity index (χ4n) is 3.47. The Balaban J connectivity index is 3.00. The van der Waals surface area contributed by atoms with Gasteiger partial charge in [-0.1, -0.05) is 27.4 Å². The van der Waals surface area contributed by atoms with Crippen LogP contribution < -0.4 is 0 Å². The van der Waals surface area contributed by atoms with Crippen LogP contribution in [-0.4, -0.2) is 11.1 Å². The molecule has 2 unspecified atom stereocenters. The molecular formula is C13H21FO2. The van der Waals surface area contributed by atoms with Crippen LogP contribution in [0.15, 0.2) is 12.4 Å². The first-order valence-corrected chi connectivity index (χ1v) is 5.74. The van der Waals surface area contributed by atoms with Crippen molar-refractivity contribution in [3.8, 4) is 0 Å². The smallest absolute Gasteiger partial charge is 0.304 e. The van der Waals surface area contributed by atoms with E-state index in [2.05, 4.69) is 27.4 Å². The standard InChI is InChI=1S/C13H21FO2/c1-9-5-12(3,4)8-13(6-9,10(2)14)7-11(15)16/h9H,2,5-8H2,1,3-4H3,(H,15,16). The number of aliphatic carboxylic acids is 1. The molecule has 0 aromatic rings. The summed E-state index contributed by atoms with van der Waals surface area (Å²) < 4.78 is 13.7. The normalized spacial score (nSPS) is 33.4. The van der Waals surface area contributed by atoms with Crippen molar-refractivity contribution < 1.29 is 14.3 Å². The van der Waals surface area contributed by atoms with Crippen LogP contribution in [0.5, 0.6) is 0 Å². The van der Waals surface area contributed by atoms with Crippen molar-refractivity contribution in [3.05, 3.63) is 12.4 Å². The van der Waals surface area contributed by atoms with Crippen molar-refractivity contribution >= 4 is 5.97 Å². The van der Waals surface area contributed by atoms with E-state index in [1.807, 2.05) is 0 Å². The van der Waals surface area contributed by atoms with E-state index in [9.17, 15) is 9.18 Å². The molecule has 1 N–H and O–H groups in total. The van der Waals surface area contributed by atoms with Crippen LogP contribution in [0.25, 0.3) is 0 Å². The van der Waals surface area contributed by atoms with Crippen LogP contribution >= 0.6 is 0 Å². The van der Waals surface area contributed by atoms with Crippen molar-refractivity contribution in [2.45, 2.75) is 46.5 Å². The highest BCUT2D eigenvalue weighted by Crippen LogP contribution is 2.54. The summed E-state index contributed by atoms with van der Waals surface area (Å²) in [6, 6.07) is 0. The Kier molecular flexibility index (Phi) is 3.46. The predicted molar refractivity (Wildman–Crippen MR) is 61.7 cm³/mol. The summed E-state index contributed by atoms with van der Waals surface area (Å²) >= 11 is 0. The Labute approximate surface area is 96.5 Å². The lowest BCUT2D eigenvalue weighted by atomic mass is 9.59. The van der Waals surface area contributed by atoms with E-state index in [1.54, 1.807) is 0 Å². The molecule has 1 fully saturated rings. The number of carboxylic acids is 1. The summed E-state index contributed by atoms with van der Waals surface area (Å²) in [5.41, 5.74) is -0.866. The van der Waals surface area contributed by atoms with E-state index in [4.69, 9.17) is 5.11 Å². The molecule has 1 rings (SSSR count). The second kappa shape index (κ2) is 4.19. The zero-order chi connectivity index (χ0) is 12.6. The highest BCUT2D eigenvalue weighted by Gasteiger charge is 2.46. The molecule has 0 radical (unpaired) electrons. The summed E-state index contributed by atoms with van der Waals surface area (Å²) in [7, 11) is 0. The van der Waals surface area contributed by atoms with E-state index in [0.29, 0.717) is 18.8 Å². The third-order valence-electron chi connectivity index (χ3n) is 3.52. The highest BCUT2D eigenvalue weighted by molar-refractivity contribution is 5.68. The average molecular weight is 228 g/mol. The third-order valence-corrected chi connectivity index (χ3v) is 3.52. The van der Waals surface area contributed by atoms with Gasteiger partial charge in [-0.15, -0.1) is 0 Å². The van der Waals surface area contributed by atoms with Crippen LogP contribution in [0.3, 0.4) is 0 Å². The molecule has 2 atom stereocenters. The summed E-state index contributed by atoms with van der Waals surface area (Å²) in [4.78, 5) is 10.9. The molecule has 2 nitrogen and oxygen atoms in total. The molecule has 0 heterocycles. The molecule has 0 saturated heterocycles. The lowest BCUT2D eigenvalue weighted by Gasteiger charge is -2.46. The molecule has 3 heteroatoms. The summed E-state index contributed by atoms with van der Waals surface area (Å²) in [6.45, 7) is 9.57. The zero-order valence-electron chi connectivity index (χ0n) is 10.3. The van der Waals surface area contributed by atoms with E-state index < -0.39 is 17.2 Å². The number of allylic oxidation sites excluding steroid dienone is 1. The Hall–Kier alpha value is -0.860. The first-order valence-electron chi connectivity index (χ1n) is 5.74. The number of carboxylic acid groups (broad SMARTS) is 1. The van der Waals surface area contributed by atoms with Crippen LogP contribution in [0.1, 0.15) is 46.5 Å². The van der Waals surface area contributed by atoms with Crippen molar-refractivity contribution in [2.24, 2.45) is 16.7 Å². The van der Waals surface area contributed by atoms with Gasteiger partial charge in [-0.3, -0.25) is 4.79 Å². The van der Waals surface area contributed by atoms with Crippen molar-refractivity contribution in [3.63, 3.8) is 0 Å². The molecule has 0 aromatic heterocycles. The Bertz CT molecular complexity index is 309. The van der Waals surface area contributed by atoms with Gasteiger partial charge >= 0.3 is 5.97 Å². The topological polar surface area (TPSA) is 37.3 Å². The first kappa shape index (κ1) is 13.2. The molecule has 0 bridgehead atoms. The SMILES string of the molecule is C=C(F)C1(CC(=O)O)CC(C)CC(C)(C)C1. The van der Waals surface area contributed by atoms with Crippen LogP contribution in [-0.2, 0) is 4.79 Å². The molecule has 1 saturated carbocycles. The van der Waals surface area contributed by atoms with Crippen LogP contribution in [0, 0.1) is 16.7 Å². The average Bonchev–Trinajstić information content (AvgIpc) is 1.96. The van der Waals surface area contributed by atoms with Crippen molar-refractivity contribution in [1.29, 1.82) is 0 Å². The number of rotatable bonds is 3. The van der Waals surface area contributed by atoms with Gasteiger partial charge in [0.05, 0.1) is 12.2 Å². The number of hydrogen-bond acceptors (Lipinski definition) is 1. The number of hydrogen-bond donors (Lipinski definition) is 1. The minimum absolute atomic E-state index is 0.0118. The molecule has 1 aliphatic carbocycles. The molecule has 92 valence electrons. The molecular weight excluding hydrogens is 207 g/mol. The summed E-state index contributed by atoms with van der Waals surface area (Å²) in [5.74, 6) is -1.06. The van der Waals surface area contributed by atoms with Gasteiger partial charge in [-0.05, 0) is 30.6 Å². The Morgan fingerprint density at radius 1 is 1.50 bits per heavy atom. The van der Waals surface area contributed by atoms with Gasteiger partial charge in [0.15, 0.2) is 0 Å². The van der Waals surface area contributed by atoms with Gasteiger partial charge in [0.2, 0.25) is 0 Å². The van der Waals surface area contributed by atoms with Gasteiger partial charge in [-0.25, -0.2) is 4.39 Å². The van der Waals surface area contributed by atoms with Gasteiger partial charge in [0.25, 0.3) is 0 Å². The van der Waals surface area contributed by atoms with Crippen molar-refractivity contribution in [1.82, 2.24) is 0 Å². The molecule has 0 aliphatic heterocycles. The second-order valence-corrected chi connectivity index (χ2v) is 6.11. The highest BCUT2D eigenvalue weighted by atomic mass is 19.1. The largest absolute Gasteiger partial charge is 0.481 e. The van der Waals surface area contributed by atoms with E-state index in [-0.39, 0.29) is 11.8 Å². The minimum Gasteiger partial charge on any atom is -0.481 e. The van der Waals surface area contributed by atoms with E-state index >= 15 is 0 Å². The molecule has 0 amide bonds. The lowest BCUT2D eigenvalue weighted by Crippen LogP contribution is -2.38. The summed E-state index contributed by atoms with van der Waals surface area (Å²) in [5, 5.41) is 8.93. The predicted octanol–water partition coefficient (Wildman–Crippen LogP) is 3.78. The maximum Gasteiger partial charge on any atom is 0.304 e. The molecule has 0 aromatic carbocycles. The Morgan fingerprint density at radius 2 is 2.06 bits per heavy atom. The quantitative estimate of drug-likeness (QED) is 0.798. The maximum atomic E-state index is 13.7. The Morgan fingerprint density at radius 3 is 2.44 bits per heavy atom. The third kappa shape index (κ3) is 2.83. The second-order valence-electron chi connectivity index (χ2n) is 6.11. The lowest BCUT2D eigenvalue weighted by molar-refractivity contribution is -0.141.